The molecule has 0 unspecified atom stereocenters. The van der Waals surface area contributed by atoms with Gasteiger partial charge in [-0.1, -0.05) is 0 Å². The van der Waals surface area contributed by atoms with E-state index in [1.807, 2.05) is 0 Å². The first-order valence-corrected chi connectivity index (χ1v) is 1.17. The van der Waals surface area contributed by atoms with Crippen molar-refractivity contribution in [1.29, 1.82) is 0 Å². The Morgan fingerprint density at radius 2 is 1.25 bits per heavy atom. The summed E-state index contributed by atoms with van der Waals surface area (Å²) in [5.41, 5.74) is 0. The number of hydrogen-bond donors (Lipinski definition) is 2. The molecule has 0 saturated heterocycles. The van der Waals surface area contributed by atoms with Gasteiger partial charge in [-0.25, -0.2) is 0 Å². The summed E-state index contributed by atoms with van der Waals surface area (Å²) in [7, 11) is 0. The summed E-state index contributed by atoms with van der Waals surface area (Å²) in [6.45, 7) is 0. The van der Waals surface area contributed by atoms with Crippen LogP contribution in [0.1, 0.15) is 0 Å². The Bertz CT molecular complexity index is 6.00. The topological polar surface area (TPSA) is 40.5 Å². The first-order valence-electron chi connectivity index (χ1n) is 0.283. The van der Waals surface area contributed by atoms with Crippen molar-refractivity contribution >= 4 is 0 Å². The Hall–Kier alpha value is 1.61. The van der Waals surface area contributed by atoms with Crippen molar-refractivity contribution < 1.29 is 59.2 Å². The van der Waals surface area contributed by atoms with Gasteiger partial charge in [-0.05, 0) is 0 Å². The van der Waals surface area contributed by atoms with Crippen molar-refractivity contribution in [2.45, 2.75) is 0 Å². The van der Waals surface area contributed by atoms with Crippen molar-refractivity contribution in [1.82, 2.24) is 0 Å². The van der Waals surface area contributed by atoms with Gasteiger partial charge in [0.15, 0.2) is 0 Å². The predicted molar refractivity (Wildman–Crippen MR) is 4.44 cm³/mol. The maximum absolute atomic E-state index is 7.06. The van der Waals surface area contributed by atoms with Crippen molar-refractivity contribution in [3.63, 3.8) is 0 Å². The zero-order valence-electron chi connectivity index (χ0n) is 1.79. The van der Waals surface area contributed by atoms with E-state index in [1.165, 1.54) is 0 Å². The fourth-order valence-electron chi connectivity index (χ4n) is 0. The second kappa shape index (κ2) is 8.82. The van der Waals surface area contributed by atoms with Crippen molar-refractivity contribution in [2.24, 2.45) is 0 Å². The van der Waals surface area contributed by atoms with Crippen LogP contribution in [0.5, 0.6) is 0 Å². The van der Waals surface area contributed by atoms with E-state index >= 15 is 0 Å². The van der Waals surface area contributed by atoms with Gasteiger partial charge in [0.25, 0.3) is 0 Å². The fourth-order valence-corrected chi connectivity index (χ4v) is 0. The second-order valence-electron chi connectivity index (χ2n) is 0.0632. The number of rotatable bonds is 0. The molecule has 0 bridgehead atoms. The summed E-state index contributed by atoms with van der Waals surface area (Å²) in [6.07, 6.45) is 0. The van der Waals surface area contributed by atoms with Crippen molar-refractivity contribution in [2.75, 3.05) is 0 Å². The van der Waals surface area contributed by atoms with E-state index in [-0.39, 0.29) is 50.7 Å². The average molecular weight is 232 g/mol. The molecule has 0 amide bonds. The molecule has 0 rings (SSSR count). The van der Waals surface area contributed by atoms with Crippen LogP contribution in [0.2, 0.25) is 0 Å². The summed E-state index contributed by atoms with van der Waals surface area (Å²) in [4.78, 5) is 0. The summed E-state index contributed by atoms with van der Waals surface area (Å²) in [6, 6.07) is 0. The van der Waals surface area contributed by atoms with Gasteiger partial charge < -0.3 is 0 Å². The molecule has 4 heavy (non-hydrogen) atoms. The van der Waals surface area contributed by atoms with Gasteiger partial charge in [0.1, 0.15) is 0 Å². The quantitative estimate of drug-likeness (QED) is 0.519. The van der Waals surface area contributed by atoms with Gasteiger partial charge >= 0.3 is 23.6 Å². The van der Waals surface area contributed by atoms with E-state index in [9.17, 15) is 0 Å². The third kappa shape index (κ3) is 9.49. The zero-order valence-corrected chi connectivity index (χ0v) is 6.40. The van der Waals surface area contributed by atoms with Crippen LogP contribution in [0.3, 0.4) is 0 Å². The molecule has 4 heteroatoms. The van der Waals surface area contributed by atoms with Crippen LogP contribution in [0.15, 0.2) is 0 Å². The molecule has 0 atom stereocenters. The SMILES string of the molecule is [La].[OH][Ni][OH]. The van der Waals surface area contributed by atoms with E-state index in [0.29, 0.717) is 0 Å². The van der Waals surface area contributed by atoms with E-state index in [4.69, 9.17) is 8.50 Å². The minimum absolute atomic E-state index is 0. The standard InChI is InChI=1S/La.Ni.2H2O/h;;2*1H2/q;+2;;/p-2. The maximum atomic E-state index is 7.06. The molecule has 2 N–H and O–H groups in total. The molecule has 27 valence electrons. The van der Waals surface area contributed by atoms with Gasteiger partial charge in [0.2, 0.25) is 0 Å². The molecule has 1 radical (unpaired) electrons. The Morgan fingerprint density at radius 1 is 1.25 bits per heavy atom. The second-order valence-corrected chi connectivity index (χ2v) is 0.261. The van der Waals surface area contributed by atoms with E-state index in [2.05, 4.69) is 0 Å². The first-order chi connectivity index (χ1) is 1.41. The Kier molecular flexibility index (Phi) is 20.2. The summed E-state index contributed by atoms with van der Waals surface area (Å²) in [5, 5.41) is 0. The van der Waals surface area contributed by atoms with E-state index < -0.39 is 0 Å². The van der Waals surface area contributed by atoms with Gasteiger partial charge in [-0.15, -0.1) is 0 Å². The molecular weight excluding hydrogens is 230 g/mol. The Morgan fingerprint density at radius 3 is 1.25 bits per heavy atom. The van der Waals surface area contributed by atoms with Crippen LogP contribution >= 0.6 is 0 Å². The molecule has 0 saturated carbocycles. The molecule has 0 fully saturated rings. The van der Waals surface area contributed by atoms with Crippen LogP contribution < -0.4 is 0 Å². The molecule has 2 nitrogen and oxygen atoms in total. The number of hydrogen-bond acceptors (Lipinski definition) is 2. The van der Waals surface area contributed by atoms with Gasteiger partial charge in [0.05, 0.1) is 0 Å². The molecule has 0 aliphatic heterocycles. The zero-order chi connectivity index (χ0) is 2.71. The Balaban J connectivity index is 0. The minimum atomic E-state index is -0.375. The molecule has 0 aliphatic rings. The fraction of sp³-hybridized carbons (Fsp3) is 0. The predicted octanol–water partition coefficient (Wildman–Crippen LogP) is -1.12. The average Bonchev–Trinajstić information content (AvgIpc) is 0.918. The third-order valence-corrected chi connectivity index (χ3v) is 0. The normalized spacial score (nSPS) is 5.50. The summed E-state index contributed by atoms with van der Waals surface area (Å²) < 4.78 is 14.1. The molecule has 0 aliphatic carbocycles. The van der Waals surface area contributed by atoms with Crippen LogP contribution in [-0.4, -0.2) is 8.50 Å². The van der Waals surface area contributed by atoms with Gasteiger partial charge in [-0.3, -0.25) is 0 Å². The van der Waals surface area contributed by atoms with Gasteiger partial charge in [0, 0.05) is 35.6 Å². The summed E-state index contributed by atoms with van der Waals surface area (Å²) >= 11 is -0.375. The third-order valence-electron chi connectivity index (χ3n) is 0. The monoisotopic (exact) mass is 231 g/mol. The van der Waals surface area contributed by atoms with E-state index in [1.54, 1.807) is 0 Å². The summed E-state index contributed by atoms with van der Waals surface area (Å²) in [5.74, 6) is 0. The van der Waals surface area contributed by atoms with Crippen LogP contribution in [0.4, 0.5) is 0 Å². The van der Waals surface area contributed by atoms with E-state index in [0.717, 1.165) is 0 Å². The van der Waals surface area contributed by atoms with Crippen molar-refractivity contribution in [3.05, 3.63) is 0 Å². The van der Waals surface area contributed by atoms with Crippen molar-refractivity contribution in [3.8, 4) is 0 Å². The molecule has 0 aromatic heterocycles. The molecular formula is H2LaNiO2. The molecule has 0 aromatic rings. The Labute approximate surface area is 58.6 Å². The van der Waals surface area contributed by atoms with Crippen LogP contribution in [0.25, 0.3) is 0 Å². The molecule has 0 aromatic carbocycles. The molecule has 0 heterocycles. The van der Waals surface area contributed by atoms with Crippen LogP contribution in [-0.2, 0) is 15.1 Å². The molecule has 0 spiro atoms. The van der Waals surface area contributed by atoms with Crippen LogP contribution in [0, 0.1) is 35.6 Å². The first kappa shape index (κ1) is 9.15. The van der Waals surface area contributed by atoms with Gasteiger partial charge in [-0.2, -0.15) is 0 Å².